The zero-order chi connectivity index (χ0) is 29.1. The number of nitrogens with zero attached hydrogens (tertiary/aromatic N) is 1. The molecule has 1 aliphatic heterocycles. The van der Waals surface area contributed by atoms with Gasteiger partial charge in [0.25, 0.3) is 0 Å². The summed E-state index contributed by atoms with van der Waals surface area (Å²) >= 11 is 3.40. The molecular formula is C32H54INO4S2. The third-order valence-corrected chi connectivity index (χ3v) is 14.0. The smallest absolute Gasteiger partial charge is 0.334 e. The normalized spacial score (nSPS) is 36.5. The van der Waals surface area contributed by atoms with Gasteiger partial charge in [-0.2, -0.15) is 11.8 Å². The number of methoxy groups -OCH3 is 1. The summed E-state index contributed by atoms with van der Waals surface area (Å²) < 4.78 is 28.6. The molecule has 0 aromatic heterocycles. The number of thioether (sulfide) groups is 1. The van der Waals surface area contributed by atoms with E-state index in [1.807, 2.05) is 17.8 Å². The van der Waals surface area contributed by atoms with Gasteiger partial charge in [0, 0.05) is 28.6 Å². The van der Waals surface area contributed by atoms with Crippen LogP contribution >= 0.6 is 33.0 Å². The molecule has 4 aliphatic rings. The fourth-order valence-corrected chi connectivity index (χ4v) is 11.6. The molecule has 4 rings (SSSR count). The summed E-state index contributed by atoms with van der Waals surface area (Å²) in [7, 11) is -1.99. The molecule has 1 saturated heterocycles. The van der Waals surface area contributed by atoms with Crippen LogP contribution in [0.15, 0.2) is 11.6 Å². The average molecular weight is 708 g/mol. The summed E-state index contributed by atoms with van der Waals surface area (Å²) in [6.07, 6.45) is 20.5. The number of carbonyl (C=O) groups is 1. The van der Waals surface area contributed by atoms with Crippen LogP contribution in [0.5, 0.6) is 0 Å². The van der Waals surface area contributed by atoms with E-state index >= 15 is 0 Å². The molecule has 0 aromatic carbocycles. The van der Waals surface area contributed by atoms with E-state index in [0.717, 1.165) is 48.7 Å². The van der Waals surface area contributed by atoms with Gasteiger partial charge >= 0.3 is 5.97 Å². The van der Waals surface area contributed by atoms with Crippen LogP contribution in [0.4, 0.5) is 0 Å². The van der Waals surface area contributed by atoms with Crippen LogP contribution in [0.1, 0.15) is 118 Å². The third-order valence-electron chi connectivity index (χ3n) is 10.7. The van der Waals surface area contributed by atoms with Gasteiger partial charge in [-0.25, -0.2) is 13.2 Å². The number of ether oxygens (including phenoxy) is 1. The Labute approximate surface area is 261 Å². The van der Waals surface area contributed by atoms with Gasteiger partial charge in [-0.05, 0) is 113 Å². The Morgan fingerprint density at radius 1 is 0.875 bits per heavy atom. The van der Waals surface area contributed by atoms with E-state index in [1.165, 1.54) is 105 Å². The second-order valence-electron chi connectivity index (χ2n) is 14.5. The second kappa shape index (κ2) is 14.3. The van der Waals surface area contributed by atoms with E-state index in [2.05, 4.69) is 32.6 Å². The minimum atomic E-state index is -3.31. The summed E-state index contributed by atoms with van der Waals surface area (Å²) in [6.45, 7) is 9.74. The Morgan fingerprint density at radius 2 is 1.40 bits per heavy atom. The van der Waals surface area contributed by atoms with Crippen molar-refractivity contribution in [2.45, 2.75) is 146 Å². The second-order valence-corrected chi connectivity index (χ2v) is 21.3. The number of hydrogen-bond donors (Lipinski definition) is 0. The number of halogens is 1. The lowest BCUT2D eigenvalue weighted by Gasteiger charge is -2.50. The molecule has 5 nitrogen and oxygen atoms in total. The Bertz CT molecular complexity index is 969. The Balaban J connectivity index is 1.36. The Kier molecular flexibility index (Phi) is 11.9. The van der Waals surface area contributed by atoms with Gasteiger partial charge in [0.05, 0.1) is 39.6 Å². The maximum absolute atomic E-state index is 12.2. The van der Waals surface area contributed by atoms with Gasteiger partial charge in [-0.1, -0.05) is 33.8 Å². The molecule has 8 heteroatoms. The van der Waals surface area contributed by atoms with Crippen molar-refractivity contribution in [2.24, 2.45) is 23.2 Å². The molecule has 0 spiro atoms. The molecule has 0 N–H and O–H groups in total. The molecule has 0 radical (unpaired) electrons. The highest BCUT2D eigenvalue weighted by Gasteiger charge is 2.41. The molecule has 40 heavy (non-hydrogen) atoms. The third kappa shape index (κ3) is 9.10. The monoisotopic (exact) mass is 707 g/mol. The van der Waals surface area contributed by atoms with Gasteiger partial charge in [0.15, 0.2) is 0 Å². The number of rotatable bonds is 8. The number of hydrogen-bond acceptors (Lipinski definition) is 6. The molecule has 3 saturated carbocycles. The average Bonchev–Trinajstić information content (AvgIpc) is 3.37. The molecule has 230 valence electrons. The van der Waals surface area contributed by atoms with Gasteiger partial charge in [0.1, 0.15) is 0 Å². The van der Waals surface area contributed by atoms with E-state index in [9.17, 15) is 13.2 Å². The molecule has 0 bridgehead atoms. The van der Waals surface area contributed by atoms with E-state index < -0.39 is 13.0 Å². The summed E-state index contributed by atoms with van der Waals surface area (Å²) in [4.78, 5) is 15.3. The number of carbonyl (C=O) groups excluding carboxylic acids is 1. The van der Waals surface area contributed by atoms with Crippen LogP contribution in [-0.4, -0.2) is 60.8 Å². The predicted octanol–water partition coefficient (Wildman–Crippen LogP) is 8.16. The highest BCUT2D eigenvalue weighted by Crippen LogP contribution is 2.47. The molecule has 1 heterocycles. The van der Waals surface area contributed by atoms with Crippen LogP contribution < -0.4 is 0 Å². The summed E-state index contributed by atoms with van der Waals surface area (Å²) in [5.74, 6) is 1.73. The molecule has 2 atom stereocenters. The van der Waals surface area contributed by atoms with Crippen LogP contribution in [0.3, 0.4) is 0 Å². The topological polar surface area (TPSA) is 63.7 Å². The highest BCUT2D eigenvalue weighted by molar-refractivity contribution is 14.2. The Morgan fingerprint density at radius 3 is 1.90 bits per heavy atom. The molecular weight excluding hydrogens is 653 g/mol. The molecule has 0 aromatic rings. The zero-order valence-corrected chi connectivity index (χ0v) is 29.4. The fourth-order valence-electron chi connectivity index (χ4n) is 8.32. The maximum atomic E-state index is 12.2. The first-order valence-corrected chi connectivity index (χ1v) is 21.1. The Hall–Kier alpha value is 0.200. The van der Waals surface area contributed by atoms with Crippen molar-refractivity contribution in [2.75, 3.05) is 12.9 Å². The molecule has 0 amide bonds. The van der Waals surface area contributed by atoms with Crippen molar-refractivity contribution < 1.29 is 17.9 Å². The fraction of sp³-hybridized carbons (Fsp3) is 0.906. The quantitative estimate of drug-likeness (QED) is 0.110. The predicted molar refractivity (Wildman–Crippen MR) is 177 cm³/mol. The van der Waals surface area contributed by atoms with Crippen molar-refractivity contribution in [1.29, 1.82) is 0 Å². The van der Waals surface area contributed by atoms with Gasteiger partial charge in [-0.15, -0.1) is 0 Å². The summed E-state index contributed by atoms with van der Waals surface area (Å²) in [5, 5.41) is 0.817. The molecule has 2 unspecified atom stereocenters. The largest absolute Gasteiger partial charge is 0.466 e. The standard InChI is InChI=1S/C32H54INO4S2/c1-22-6-12-26(13-7-22)34(28-16-10-25(11-17-28)32(2,3)4)27-14-8-23(9-15-27)30-19-18-29(39-30)20-24(31(35)38-5)21-40(33,36)37/h20,22-23,25-30H,6-19,21H2,1-5H3/b24-20+. The van der Waals surface area contributed by atoms with Crippen molar-refractivity contribution >= 4 is 45.9 Å². The lowest BCUT2D eigenvalue weighted by molar-refractivity contribution is -0.136. The van der Waals surface area contributed by atoms with Crippen LogP contribution in [0, 0.1) is 23.2 Å². The summed E-state index contributed by atoms with van der Waals surface area (Å²) in [5.41, 5.74) is 0.722. The van der Waals surface area contributed by atoms with Gasteiger partial charge in [0.2, 0.25) is 7.01 Å². The van der Waals surface area contributed by atoms with Gasteiger partial charge < -0.3 is 4.74 Å². The van der Waals surface area contributed by atoms with Crippen molar-refractivity contribution in [3.63, 3.8) is 0 Å². The van der Waals surface area contributed by atoms with E-state index in [4.69, 9.17) is 4.74 Å². The zero-order valence-electron chi connectivity index (χ0n) is 25.6. The van der Waals surface area contributed by atoms with Crippen molar-refractivity contribution in [3.05, 3.63) is 11.6 Å². The van der Waals surface area contributed by atoms with E-state index in [-0.39, 0.29) is 16.6 Å². The first-order chi connectivity index (χ1) is 18.8. The van der Waals surface area contributed by atoms with Gasteiger partial charge in [-0.3, -0.25) is 4.90 Å². The summed E-state index contributed by atoms with van der Waals surface area (Å²) in [6, 6.07) is 2.31. The van der Waals surface area contributed by atoms with Crippen LogP contribution in [0.2, 0.25) is 0 Å². The van der Waals surface area contributed by atoms with Crippen LogP contribution in [-0.2, 0) is 16.5 Å². The first kappa shape index (κ1) is 33.1. The minimum absolute atomic E-state index is 0.203. The van der Waals surface area contributed by atoms with E-state index in [1.54, 1.807) is 0 Å². The molecule has 4 fully saturated rings. The van der Waals surface area contributed by atoms with Crippen molar-refractivity contribution in [3.8, 4) is 0 Å². The lowest BCUT2D eigenvalue weighted by Crippen LogP contribution is -2.53. The van der Waals surface area contributed by atoms with E-state index in [0.29, 0.717) is 10.7 Å². The number of esters is 1. The molecule has 3 aliphatic carbocycles. The van der Waals surface area contributed by atoms with Crippen molar-refractivity contribution in [1.82, 2.24) is 4.90 Å². The highest BCUT2D eigenvalue weighted by atomic mass is 127. The van der Waals surface area contributed by atoms with Crippen LogP contribution in [0.25, 0.3) is 0 Å². The SMILES string of the molecule is COC(=O)/C(=C/C1CCC(C2CCC(N(C3CCC(C)CC3)C3CCC(C(C)(C)C)CC3)CC2)S1)CS(=O)(=O)I. The lowest BCUT2D eigenvalue weighted by atomic mass is 9.70. The maximum Gasteiger partial charge on any atom is 0.334 e. The minimum Gasteiger partial charge on any atom is -0.466 e. The first-order valence-electron chi connectivity index (χ1n) is 16.0.